The number of anilines is 1. The first kappa shape index (κ1) is 14.0. The summed E-state index contributed by atoms with van der Waals surface area (Å²) >= 11 is 5.85. The van der Waals surface area contributed by atoms with E-state index in [0.717, 1.165) is 0 Å². The molecular weight excluding hydrogens is 285 g/mol. The zero-order chi connectivity index (χ0) is 14.2. The van der Waals surface area contributed by atoms with Crippen molar-refractivity contribution >= 4 is 23.2 Å². The minimum absolute atomic E-state index is 0.0275. The van der Waals surface area contributed by atoms with Crippen LogP contribution in [0.1, 0.15) is 11.6 Å². The second-order valence-corrected chi connectivity index (χ2v) is 4.39. The maximum Gasteiger partial charge on any atom is 0.422 e. The largest absolute Gasteiger partial charge is 0.482 e. The highest BCUT2D eigenvalue weighted by Crippen LogP contribution is 2.38. The molecule has 19 heavy (non-hydrogen) atoms. The number of ether oxygens (including phenoxy) is 1. The molecule has 1 amide bonds. The van der Waals surface area contributed by atoms with Crippen molar-refractivity contribution in [3.63, 3.8) is 0 Å². The molecule has 8 heteroatoms. The molecule has 1 atom stereocenters. The summed E-state index contributed by atoms with van der Waals surface area (Å²) in [5, 5.41) is 5.35. The van der Waals surface area contributed by atoms with E-state index in [1.165, 1.54) is 12.1 Å². The van der Waals surface area contributed by atoms with Crippen LogP contribution in [0.2, 0.25) is 5.02 Å². The van der Waals surface area contributed by atoms with E-state index in [0.29, 0.717) is 11.3 Å². The minimum atomic E-state index is -4.45. The van der Waals surface area contributed by atoms with Gasteiger partial charge in [0.1, 0.15) is 11.8 Å². The molecule has 1 unspecified atom stereocenters. The van der Waals surface area contributed by atoms with Crippen LogP contribution in [0.3, 0.4) is 0 Å². The van der Waals surface area contributed by atoms with Crippen molar-refractivity contribution in [2.75, 3.05) is 19.0 Å². The van der Waals surface area contributed by atoms with Gasteiger partial charge in [-0.15, -0.1) is 0 Å². The Morgan fingerprint density at radius 3 is 2.74 bits per heavy atom. The van der Waals surface area contributed by atoms with Crippen LogP contribution >= 0.6 is 11.6 Å². The number of carbonyl (C=O) groups is 1. The quantitative estimate of drug-likeness (QED) is 0.900. The summed E-state index contributed by atoms with van der Waals surface area (Å²) in [5.74, 6) is -0.406. The fraction of sp³-hybridized carbons (Fsp3) is 0.364. The van der Waals surface area contributed by atoms with E-state index in [-0.39, 0.29) is 16.7 Å². The predicted octanol–water partition coefficient (Wildman–Crippen LogP) is 2.49. The molecule has 1 aliphatic heterocycles. The van der Waals surface area contributed by atoms with Gasteiger partial charge < -0.3 is 15.4 Å². The SMILES string of the molecule is CNC1C(=O)Nc2cc(OCC(F)(F)F)c(Cl)cc21. The molecule has 0 saturated heterocycles. The highest BCUT2D eigenvalue weighted by Gasteiger charge is 2.32. The molecule has 0 spiro atoms. The molecule has 0 aliphatic carbocycles. The lowest BCUT2D eigenvalue weighted by Crippen LogP contribution is -2.23. The van der Waals surface area contributed by atoms with Crippen LogP contribution in [-0.2, 0) is 4.79 Å². The fourth-order valence-corrected chi connectivity index (χ4v) is 2.05. The van der Waals surface area contributed by atoms with E-state index in [9.17, 15) is 18.0 Å². The molecule has 1 aliphatic rings. The Bertz CT molecular complexity index is 519. The number of likely N-dealkylation sites (N-methyl/N-ethyl adjacent to an activating group) is 1. The number of benzene rings is 1. The molecule has 104 valence electrons. The molecule has 2 N–H and O–H groups in total. The summed E-state index contributed by atoms with van der Waals surface area (Å²) in [4.78, 5) is 11.6. The minimum Gasteiger partial charge on any atom is -0.482 e. The number of carbonyl (C=O) groups excluding carboxylic acids is 1. The van der Waals surface area contributed by atoms with E-state index in [4.69, 9.17) is 11.6 Å². The van der Waals surface area contributed by atoms with Gasteiger partial charge in [0.15, 0.2) is 6.61 Å². The maximum atomic E-state index is 12.1. The van der Waals surface area contributed by atoms with E-state index in [2.05, 4.69) is 15.4 Å². The van der Waals surface area contributed by atoms with Crippen molar-refractivity contribution < 1.29 is 22.7 Å². The molecule has 0 radical (unpaired) electrons. The lowest BCUT2D eigenvalue weighted by Gasteiger charge is -2.12. The number of halogens is 4. The second-order valence-electron chi connectivity index (χ2n) is 3.98. The summed E-state index contributed by atoms with van der Waals surface area (Å²) in [6.45, 7) is -1.44. The summed E-state index contributed by atoms with van der Waals surface area (Å²) in [6.07, 6.45) is -4.45. The van der Waals surface area contributed by atoms with Crippen molar-refractivity contribution in [2.24, 2.45) is 0 Å². The smallest absolute Gasteiger partial charge is 0.422 e. The average molecular weight is 295 g/mol. The van der Waals surface area contributed by atoms with Crippen LogP contribution in [0.25, 0.3) is 0 Å². The zero-order valence-electron chi connectivity index (χ0n) is 9.77. The summed E-state index contributed by atoms with van der Waals surface area (Å²) in [6, 6.07) is 2.14. The van der Waals surface area contributed by atoms with Gasteiger partial charge in [-0.1, -0.05) is 11.6 Å². The van der Waals surface area contributed by atoms with Crippen molar-refractivity contribution in [1.82, 2.24) is 5.32 Å². The molecule has 1 heterocycles. The molecule has 0 bridgehead atoms. The Morgan fingerprint density at radius 2 is 2.16 bits per heavy atom. The van der Waals surface area contributed by atoms with Crippen LogP contribution in [0.4, 0.5) is 18.9 Å². The number of hydrogen-bond donors (Lipinski definition) is 2. The Hall–Kier alpha value is -1.47. The molecule has 0 aromatic heterocycles. The molecule has 0 fully saturated rings. The van der Waals surface area contributed by atoms with E-state index in [1.807, 2.05) is 0 Å². The van der Waals surface area contributed by atoms with Gasteiger partial charge >= 0.3 is 6.18 Å². The lowest BCUT2D eigenvalue weighted by molar-refractivity contribution is -0.153. The van der Waals surface area contributed by atoms with Gasteiger partial charge in [-0.05, 0) is 13.1 Å². The molecule has 0 saturated carbocycles. The average Bonchev–Trinajstić information content (AvgIpc) is 2.59. The summed E-state index contributed by atoms with van der Waals surface area (Å²) in [5.41, 5.74) is 0.975. The maximum absolute atomic E-state index is 12.1. The van der Waals surface area contributed by atoms with E-state index < -0.39 is 18.8 Å². The van der Waals surface area contributed by atoms with Gasteiger partial charge in [-0.25, -0.2) is 0 Å². The monoisotopic (exact) mass is 294 g/mol. The van der Waals surface area contributed by atoms with Crippen LogP contribution in [0, 0.1) is 0 Å². The van der Waals surface area contributed by atoms with E-state index in [1.54, 1.807) is 7.05 Å². The predicted molar refractivity (Wildman–Crippen MR) is 63.4 cm³/mol. The third kappa shape index (κ3) is 2.93. The molecule has 1 aromatic rings. The highest BCUT2D eigenvalue weighted by atomic mass is 35.5. The third-order valence-corrected chi connectivity index (χ3v) is 2.91. The first-order chi connectivity index (χ1) is 8.81. The number of nitrogens with one attached hydrogen (secondary N) is 2. The van der Waals surface area contributed by atoms with Crippen LogP contribution in [-0.4, -0.2) is 25.7 Å². The Labute approximate surface area is 111 Å². The van der Waals surface area contributed by atoms with Gasteiger partial charge in [0.05, 0.1) is 5.02 Å². The van der Waals surface area contributed by atoms with Gasteiger partial charge in [0.25, 0.3) is 0 Å². The molecule has 2 rings (SSSR count). The summed E-state index contributed by atoms with van der Waals surface area (Å²) in [7, 11) is 1.60. The Morgan fingerprint density at radius 1 is 1.47 bits per heavy atom. The highest BCUT2D eigenvalue weighted by molar-refractivity contribution is 6.32. The second kappa shape index (κ2) is 4.90. The lowest BCUT2D eigenvalue weighted by atomic mass is 10.1. The van der Waals surface area contributed by atoms with Crippen molar-refractivity contribution in [2.45, 2.75) is 12.2 Å². The van der Waals surface area contributed by atoms with Crippen LogP contribution in [0.5, 0.6) is 5.75 Å². The number of hydrogen-bond acceptors (Lipinski definition) is 3. The Kier molecular flexibility index (Phi) is 3.60. The summed E-state index contributed by atoms with van der Waals surface area (Å²) < 4.78 is 40.8. The van der Waals surface area contributed by atoms with Crippen molar-refractivity contribution in [3.05, 3.63) is 22.7 Å². The Balaban J connectivity index is 2.26. The standard InChI is InChI=1S/C11H10ClF3N2O2/c1-16-9-5-2-6(12)8(19-4-11(13,14)15)3-7(5)17-10(9)18/h2-3,9,16H,4H2,1H3,(H,17,18). The van der Waals surface area contributed by atoms with E-state index >= 15 is 0 Å². The first-order valence-electron chi connectivity index (χ1n) is 5.33. The molecule has 1 aromatic carbocycles. The third-order valence-electron chi connectivity index (χ3n) is 2.62. The van der Waals surface area contributed by atoms with Crippen LogP contribution < -0.4 is 15.4 Å². The number of rotatable bonds is 3. The fourth-order valence-electron chi connectivity index (χ4n) is 1.82. The van der Waals surface area contributed by atoms with Crippen molar-refractivity contribution in [1.29, 1.82) is 0 Å². The topological polar surface area (TPSA) is 50.4 Å². The number of alkyl halides is 3. The number of fused-ring (bicyclic) bond motifs is 1. The van der Waals surface area contributed by atoms with Gasteiger partial charge in [-0.2, -0.15) is 13.2 Å². The van der Waals surface area contributed by atoms with Crippen LogP contribution in [0.15, 0.2) is 12.1 Å². The van der Waals surface area contributed by atoms with Gasteiger partial charge in [-0.3, -0.25) is 4.79 Å². The zero-order valence-corrected chi connectivity index (χ0v) is 10.5. The normalized spacial score (nSPS) is 18.2. The molecule has 4 nitrogen and oxygen atoms in total. The van der Waals surface area contributed by atoms with Gasteiger partial charge in [0.2, 0.25) is 5.91 Å². The first-order valence-corrected chi connectivity index (χ1v) is 5.71. The van der Waals surface area contributed by atoms with Crippen molar-refractivity contribution in [3.8, 4) is 5.75 Å². The number of amides is 1. The van der Waals surface area contributed by atoms with Gasteiger partial charge in [0, 0.05) is 17.3 Å². The molecular formula is C11H10ClF3N2O2.